The molecule has 0 saturated carbocycles. The molecule has 2 heterocycles. The average molecular weight is 357 g/mol. The van der Waals surface area contributed by atoms with Crippen molar-refractivity contribution in [1.82, 2.24) is 9.78 Å². The number of nitrogens with one attached hydrogen (secondary N) is 1. The molecule has 2 aromatic heterocycles. The summed E-state index contributed by atoms with van der Waals surface area (Å²) in [6.45, 7) is 1.60. The van der Waals surface area contributed by atoms with Crippen LogP contribution in [0.15, 0.2) is 51.0 Å². The summed E-state index contributed by atoms with van der Waals surface area (Å²) in [6, 6.07) is 10.2. The van der Waals surface area contributed by atoms with E-state index in [1.54, 1.807) is 30.3 Å². The molecule has 7 nitrogen and oxygen atoms in total. The molecular formula is C17H15N3O4S. The number of carbonyl (C=O) groups is 2. The molecule has 0 spiro atoms. The van der Waals surface area contributed by atoms with Crippen LogP contribution in [0.5, 0.6) is 0 Å². The van der Waals surface area contributed by atoms with Crippen molar-refractivity contribution in [3.05, 3.63) is 57.9 Å². The lowest BCUT2D eigenvalue weighted by molar-refractivity contribution is -0.116. The predicted octanol–water partition coefficient (Wildman–Crippen LogP) is 2.80. The van der Waals surface area contributed by atoms with E-state index in [4.69, 9.17) is 4.42 Å². The van der Waals surface area contributed by atoms with Crippen LogP contribution in [0, 0.1) is 0 Å². The fourth-order valence-corrected chi connectivity index (χ4v) is 2.81. The van der Waals surface area contributed by atoms with Crippen molar-refractivity contribution in [2.24, 2.45) is 0 Å². The maximum absolute atomic E-state index is 12.0. The fraction of sp³-hybridized carbons (Fsp3) is 0.176. The average Bonchev–Trinajstić information content (AvgIpc) is 3.23. The number of amides is 1. The van der Waals surface area contributed by atoms with Crippen LogP contribution >= 0.6 is 11.3 Å². The number of benzene rings is 1. The normalized spacial score (nSPS) is 10.6. The molecular weight excluding hydrogens is 342 g/mol. The van der Waals surface area contributed by atoms with Crippen molar-refractivity contribution >= 4 is 28.7 Å². The number of thiophene rings is 1. The monoisotopic (exact) mass is 357 g/mol. The third-order valence-electron chi connectivity index (χ3n) is 3.46. The molecule has 0 bridgehead atoms. The van der Waals surface area contributed by atoms with Gasteiger partial charge in [-0.25, -0.2) is 4.79 Å². The molecule has 25 heavy (non-hydrogen) atoms. The van der Waals surface area contributed by atoms with Gasteiger partial charge in [0.1, 0.15) is 0 Å². The first kappa shape index (κ1) is 16.8. The Bertz CT molecular complexity index is 939. The van der Waals surface area contributed by atoms with Gasteiger partial charge in [-0.05, 0) is 42.6 Å². The van der Waals surface area contributed by atoms with Crippen molar-refractivity contribution in [2.45, 2.75) is 19.9 Å². The zero-order chi connectivity index (χ0) is 17.8. The molecule has 1 aromatic carbocycles. The Morgan fingerprint density at radius 3 is 2.64 bits per heavy atom. The van der Waals surface area contributed by atoms with E-state index in [9.17, 15) is 14.4 Å². The third-order valence-corrected chi connectivity index (χ3v) is 4.32. The number of hydrogen-bond acceptors (Lipinski definition) is 6. The van der Waals surface area contributed by atoms with E-state index in [0.29, 0.717) is 11.3 Å². The molecule has 1 N–H and O–H groups in total. The van der Waals surface area contributed by atoms with E-state index < -0.39 is 5.76 Å². The van der Waals surface area contributed by atoms with Gasteiger partial charge in [-0.1, -0.05) is 6.07 Å². The van der Waals surface area contributed by atoms with Gasteiger partial charge in [-0.3, -0.25) is 9.59 Å². The number of carbonyl (C=O) groups excluding carboxylic acids is 2. The Morgan fingerprint density at radius 2 is 2.00 bits per heavy atom. The molecule has 0 atom stereocenters. The summed E-state index contributed by atoms with van der Waals surface area (Å²) < 4.78 is 6.22. The van der Waals surface area contributed by atoms with Crippen LogP contribution in [0.2, 0.25) is 0 Å². The Morgan fingerprint density at radius 1 is 1.24 bits per heavy atom. The van der Waals surface area contributed by atoms with Gasteiger partial charge >= 0.3 is 5.76 Å². The molecule has 0 aliphatic carbocycles. The van der Waals surface area contributed by atoms with Gasteiger partial charge in [-0.15, -0.1) is 16.4 Å². The topological polar surface area (TPSA) is 94.2 Å². The minimum atomic E-state index is -0.595. The third kappa shape index (κ3) is 4.10. The molecule has 0 aliphatic rings. The lowest BCUT2D eigenvalue weighted by Gasteiger charge is -2.05. The fourth-order valence-electron chi connectivity index (χ4n) is 2.17. The van der Waals surface area contributed by atoms with Gasteiger partial charge in [-0.2, -0.15) is 4.68 Å². The molecule has 3 aromatic rings. The first-order valence-electron chi connectivity index (χ1n) is 7.55. The highest BCUT2D eigenvalue weighted by Crippen LogP contribution is 2.21. The molecule has 1 amide bonds. The molecule has 128 valence electrons. The van der Waals surface area contributed by atoms with E-state index >= 15 is 0 Å². The maximum atomic E-state index is 12.0. The van der Waals surface area contributed by atoms with Gasteiger partial charge in [0.15, 0.2) is 5.78 Å². The minimum absolute atomic E-state index is 0.0372. The van der Waals surface area contributed by atoms with Crippen LogP contribution in [0.4, 0.5) is 5.69 Å². The molecule has 0 fully saturated rings. The highest BCUT2D eigenvalue weighted by molar-refractivity contribution is 7.13. The Labute approximate surface area is 146 Å². The van der Waals surface area contributed by atoms with Crippen LogP contribution in [-0.4, -0.2) is 21.5 Å². The van der Waals surface area contributed by atoms with Crippen molar-refractivity contribution in [3.63, 3.8) is 0 Å². The summed E-state index contributed by atoms with van der Waals surface area (Å²) in [4.78, 5) is 35.8. The first-order chi connectivity index (χ1) is 12.0. The summed E-state index contributed by atoms with van der Waals surface area (Å²) >= 11 is 1.42. The van der Waals surface area contributed by atoms with Crippen molar-refractivity contribution in [1.29, 1.82) is 0 Å². The van der Waals surface area contributed by atoms with E-state index in [1.165, 1.54) is 18.3 Å². The maximum Gasteiger partial charge on any atom is 0.437 e. The minimum Gasteiger partial charge on any atom is -0.387 e. The molecule has 8 heteroatoms. The summed E-state index contributed by atoms with van der Waals surface area (Å²) in [7, 11) is 0. The van der Waals surface area contributed by atoms with Gasteiger partial charge < -0.3 is 9.73 Å². The van der Waals surface area contributed by atoms with E-state index in [1.807, 2.05) is 11.4 Å². The molecule has 0 radical (unpaired) electrons. The number of ketones is 1. The second kappa shape index (κ2) is 7.27. The highest BCUT2D eigenvalue weighted by atomic mass is 32.1. The molecule has 0 unspecified atom stereocenters. The first-order valence-corrected chi connectivity index (χ1v) is 8.43. The second-order valence-corrected chi connectivity index (χ2v) is 6.25. The second-order valence-electron chi connectivity index (χ2n) is 5.31. The number of aryl methyl sites for hydroxylation is 1. The Kier molecular flexibility index (Phi) is 4.90. The van der Waals surface area contributed by atoms with Crippen LogP contribution < -0.4 is 11.1 Å². The molecule has 0 aliphatic heterocycles. The van der Waals surface area contributed by atoms with Gasteiger partial charge in [0.05, 0.1) is 11.4 Å². The number of hydrogen-bond donors (Lipinski definition) is 1. The summed E-state index contributed by atoms with van der Waals surface area (Å²) in [5.74, 6) is -0.643. The molecule has 3 rings (SSSR count). The van der Waals surface area contributed by atoms with Gasteiger partial charge in [0.25, 0.3) is 5.89 Å². The number of aromatic nitrogens is 2. The van der Waals surface area contributed by atoms with Gasteiger partial charge in [0, 0.05) is 17.7 Å². The zero-order valence-corrected chi connectivity index (χ0v) is 14.2. The van der Waals surface area contributed by atoms with Crippen molar-refractivity contribution in [2.75, 3.05) is 5.32 Å². The molecule has 0 saturated heterocycles. The summed E-state index contributed by atoms with van der Waals surface area (Å²) in [5, 5.41) is 8.66. The van der Waals surface area contributed by atoms with Crippen molar-refractivity contribution < 1.29 is 14.0 Å². The van der Waals surface area contributed by atoms with E-state index in [2.05, 4.69) is 10.4 Å². The van der Waals surface area contributed by atoms with Crippen molar-refractivity contribution in [3.8, 4) is 10.8 Å². The number of anilines is 1. The Balaban J connectivity index is 1.59. The Hall–Kier alpha value is -3.00. The zero-order valence-electron chi connectivity index (χ0n) is 13.4. The van der Waals surface area contributed by atoms with Crippen LogP contribution in [0.3, 0.4) is 0 Å². The highest BCUT2D eigenvalue weighted by Gasteiger charge is 2.12. The van der Waals surface area contributed by atoms with Crippen LogP contribution in [0.1, 0.15) is 23.7 Å². The quantitative estimate of drug-likeness (QED) is 0.685. The standard InChI is InChI=1S/C17H15N3O4S/c1-11(21)12-4-6-13(7-5-12)18-15(22)8-9-20-17(23)24-16(19-20)14-3-2-10-25-14/h2-7,10H,8-9H2,1H3,(H,18,22). The summed E-state index contributed by atoms with van der Waals surface area (Å²) in [6.07, 6.45) is 0.0742. The SMILES string of the molecule is CC(=O)c1ccc(NC(=O)CCn2nc(-c3cccs3)oc2=O)cc1. The lowest BCUT2D eigenvalue weighted by atomic mass is 10.1. The van der Waals surface area contributed by atoms with Gasteiger partial charge in [0.2, 0.25) is 5.91 Å². The number of Topliss-reactive ketones (excluding diaryl/α,β-unsaturated/α-hetero) is 1. The van der Waals surface area contributed by atoms with Crippen LogP contribution in [-0.2, 0) is 11.3 Å². The van der Waals surface area contributed by atoms with E-state index in [0.717, 1.165) is 9.56 Å². The smallest absolute Gasteiger partial charge is 0.387 e. The largest absolute Gasteiger partial charge is 0.437 e. The lowest BCUT2D eigenvalue weighted by Crippen LogP contribution is -2.20. The van der Waals surface area contributed by atoms with Crippen LogP contribution in [0.25, 0.3) is 10.8 Å². The predicted molar refractivity (Wildman–Crippen MR) is 93.8 cm³/mol. The number of nitrogens with zero attached hydrogens (tertiary/aromatic N) is 2. The van der Waals surface area contributed by atoms with E-state index in [-0.39, 0.29) is 30.5 Å². The number of rotatable bonds is 6. The summed E-state index contributed by atoms with van der Waals surface area (Å²) in [5.41, 5.74) is 1.16.